The van der Waals surface area contributed by atoms with E-state index in [1.807, 2.05) is 13.8 Å². The van der Waals surface area contributed by atoms with Crippen LogP contribution >= 0.6 is 0 Å². The molecule has 1 saturated carbocycles. The van der Waals surface area contributed by atoms with Gasteiger partial charge >= 0.3 is 5.69 Å². The molecule has 3 heterocycles. The predicted octanol–water partition coefficient (Wildman–Crippen LogP) is 1.09. The van der Waals surface area contributed by atoms with Gasteiger partial charge < -0.3 is 0 Å². The van der Waals surface area contributed by atoms with E-state index in [1.54, 1.807) is 18.2 Å². The molecule has 3 aromatic rings. The van der Waals surface area contributed by atoms with Gasteiger partial charge in [0.25, 0.3) is 17.4 Å². The highest BCUT2D eigenvalue weighted by molar-refractivity contribution is 6.06. The molecule has 10 heteroatoms. The minimum atomic E-state index is -0.698. The lowest BCUT2D eigenvalue weighted by atomic mass is 10.1. The van der Waals surface area contributed by atoms with Gasteiger partial charge in [0, 0.05) is 24.4 Å². The van der Waals surface area contributed by atoms with Crippen molar-refractivity contribution in [2.45, 2.75) is 39.2 Å². The first kappa shape index (κ1) is 20.5. The van der Waals surface area contributed by atoms with Gasteiger partial charge in [-0.2, -0.15) is 0 Å². The zero-order chi connectivity index (χ0) is 22.1. The molecule has 0 atom stereocenters. The van der Waals surface area contributed by atoms with Crippen LogP contribution < -0.4 is 22.1 Å². The highest BCUT2D eigenvalue weighted by Gasteiger charge is 2.29. The summed E-state index contributed by atoms with van der Waals surface area (Å²) >= 11 is 0. The van der Waals surface area contributed by atoms with Crippen molar-refractivity contribution in [2.75, 3.05) is 0 Å². The Morgan fingerprint density at radius 1 is 1.19 bits per heavy atom. The molecular formula is C21H22N6O4. The Labute approximate surface area is 176 Å². The molecule has 2 amide bonds. The summed E-state index contributed by atoms with van der Waals surface area (Å²) in [4.78, 5) is 61.0. The van der Waals surface area contributed by atoms with Crippen molar-refractivity contribution in [2.24, 2.45) is 5.92 Å². The molecule has 10 nitrogen and oxygen atoms in total. The maximum atomic E-state index is 12.9. The van der Waals surface area contributed by atoms with E-state index in [1.165, 1.54) is 16.8 Å². The average molecular weight is 422 g/mol. The van der Waals surface area contributed by atoms with Crippen LogP contribution in [0.3, 0.4) is 0 Å². The van der Waals surface area contributed by atoms with Crippen molar-refractivity contribution < 1.29 is 9.59 Å². The van der Waals surface area contributed by atoms with Crippen LogP contribution in [-0.4, -0.2) is 31.3 Å². The lowest BCUT2D eigenvalue weighted by Gasteiger charge is -2.15. The van der Waals surface area contributed by atoms with Gasteiger partial charge in [0.15, 0.2) is 5.65 Å². The molecule has 4 rings (SSSR count). The van der Waals surface area contributed by atoms with Crippen molar-refractivity contribution in [3.8, 4) is 0 Å². The van der Waals surface area contributed by atoms with Crippen LogP contribution in [0.5, 0.6) is 0 Å². The van der Waals surface area contributed by atoms with Crippen molar-refractivity contribution in [3.05, 3.63) is 68.3 Å². The topological polar surface area (TPSA) is 139 Å². The zero-order valence-corrected chi connectivity index (χ0v) is 17.1. The second-order valence-electron chi connectivity index (χ2n) is 7.95. The first-order chi connectivity index (χ1) is 14.8. The van der Waals surface area contributed by atoms with E-state index >= 15 is 0 Å². The Morgan fingerprint density at radius 3 is 2.58 bits per heavy atom. The van der Waals surface area contributed by atoms with Crippen LogP contribution in [0.1, 0.15) is 59.1 Å². The normalized spacial score (nSPS) is 13.4. The number of amides is 2. The Kier molecular flexibility index (Phi) is 5.37. The summed E-state index contributed by atoms with van der Waals surface area (Å²) in [6.45, 7) is 4.22. The van der Waals surface area contributed by atoms with Crippen LogP contribution in [0.15, 0.2) is 40.1 Å². The number of fused-ring (bicyclic) bond motifs is 1. The fourth-order valence-electron chi connectivity index (χ4n) is 3.34. The average Bonchev–Trinajstić information content (AvgIpc) is 3.59. The summed E-state index contributed by atoms with van der Waals surface area (Å²) in [5.41, 5.74) is 4.37. The van der Waals surface area contributed by atoms with E-state index in [4.69, 9.17) is 0 Å². The number of pyridine rings is 2. The minimum Gasteiger partial charge on any atom is -0.277 e. The minimum absolute atomic E-state index is 0.00855. The number of nitrogens with zero attached hydrogens (tertiary/aromatic N) is 3. The number of nitrogens with one attached hydrogen (secondary N) is 3. The molecule has 0 saturated heterocycles. The number of H-pyrrole nitrogens is 1. The van der Waals surface area contributed by atoms with E-state index in [0.717, 1.165) is 12.8 Å². The number of rotatable bonds is 5. The summed E-state index contributed by atoms with van der Waals surface area (Å²) in [6.07, 6.45) is 3.31. The van der Waals surface area contributed by atoms with Gasteiger partial charge in [-0.05, 0) is 37.0 Å². The Hall–Kier alpha value is -3.82. The van der Waals surface area contributed by atoms with Crippen molar-refractivity contribution in [1.82, 2.24) is 30.4 Å². The molecule has 3 N–H and O–H groups in total. The van der Waals surface area contributed by atoms with Gasteiger partial charge in [-0.15, -0.1) is 0 Å². The fourth-order valence-corrected chi connectivity index (χ4v) is 3.34. The van der Waals surface area contributed by atoms with Crippen molar-refractivity contribution >= 4 is 22.8 Å². The van der Waals surface area contributed by atoms with Gasteiger partial charge in [-0.3, -0.25) is 39.8 Å². The molecule has 0 unspecified atom stereocenters. The second kappa shape index (κ2) is 8.13. The number of carbonyl (C=O) groups is 2. The van der Waals surface area contributed by atoms with Crippen LogP contribution in [0, 0.1) is 5.92 Å². The molecule has 31 heavy (non-hydrogen) atoms. The SMILES string of the molecule is CC(C)Cn1c(=O)[nH]c(=O)c2c(C(=O)NNC(=O)c3ccccn3)cc(C3CC3)nc21. The molecule has 160 valence electrons. The largest absolute Gasteiger partial charge is 0.330 e. The lowest BCUT2D eigenvalue weighted by molar-refractivity contribution is 0.0844. The summed E-state index contributed by atoms with van der Waals surface area (Å²) in [6, 6.07) is 6.38. The molecule has 0 spiro atoms. The number of hydrogen-bond acceptors (Lipinski definition) is 6. The zero-order valence-electron chi connectivity index (χ0n) is 17.1. The molecule has 0 aliphatic heterocycles. The van der Waals surface area contributed by atoms with Gasteiger partial charge in [0.05, 0.1) is 10.9 Å². The Morgan fingerprint density at radius 2 is 1.94 bits per heavy atom. The van der Waals surface area contributed by atoms with E-state index in [2.05, 4.69) is 25.8 Å². The number of carbonyl (C=O) groups excluding carboxylic acids is 2. The third kappa shape index (κ3) is 4.23. The number of hydrogen-bond donors (Lipinski definition) is 3. The van der Waals surface area contributed by atoms with Crippen molar-refractivity contribution in [1.29, 1.82) is 0 Å². The third-order valence-corrected chi connectivity index (χ3v) is 4.94. The lowest BCUT2D eigenvalue weighted by Crippen LogP contribution is -2.42. The highest BCUT2D eigenvalue weighted by Crippen LogP contribution is 2.39. The van der Waals surface area contributed by atoms with Gasteiger partial charge in [-0.1, -0.05) is 19.9 Å². The fraction of sp³-hybridized carbons (Fsp3) is 0.333. The summed E-state index contributed by atoms with van der Waals surface area (Å²) < 4.78 is 1.39. The number of hydrazine groups is 1. The van der Waals surface area contributed by atoms with E-state index in [-0.39, 0.29) is 34.1 Å². The van der Waals surface area contributed by atoms with Gasteiger partial charge in [0.2, 0.25) is 0 Å². The number of aromatic amines is 1. The van der Waals surface area contributed by atoms with Crippen molar-refractivity contribution in [3.63, 3.8) is 0 Å². The highest BCUT2D eigenvalue weighted by atomic mass is 16.2. The van der Waals surface area contributed by atoms with E-state index in [0.29, 0.717) is 12.2 Å². The number of aromatic nitrogens is 4. The summed E-state index contributed by atoms with van der Waals surface area (Å²) in [7, 11) is 0. The molecule has 1 fully saturated rings. The molecule has 0 bridgehead atoms. The van der Waals surface area contributed by atoms with E-state index < -0.39 is 23.1 Å². The van der Waals surface area contributed by atoms with Crippen LogP contribution in [0.25, 0.3) is 11.0 Å². The first-order valence-corrected chi connectivity index (χ1v) is 10.0. The van der Waals surface area contributed by atoms with Crippen LogP contribution in [0.4, 0.5) is 0 Å². The molecule has 1 aliphatic rings. The van der Waals surface area contributed by atoms with Crippen LogP contribution in [-0.2, 0) is 6.54 Å². The standard InChI is InChI=1S/C21H22N6O4/c1-11(2)10-27-17-16(20(30)24-21(27)31)13(9-15(23-17)12-6-7-12)18(28)25-26-19(29)14-5-3-4-8-22-14/h3-5,8-9,11-12H,6-7,10H2,1-2H3,(H,25,28)(H,26,29)(H,24,30,31). The predicted molar refractivity (Wildman–Crippen MR) is 113 cm³/mol. The summed E-state index contributed by atoms with van der Waals surface area (Å²) in [5.74, 6) is -0.978. The molecular weight excluding hydrogens is 400 g/mol. The Bertz CT molecular complexity index is 1270. The smallest absolute Gasteiger partial charge is 0.277 e. The maximum absolute atomic E-state index is 12.9. The molecule has 0 aromatic carbocycles. The van der Waals surface area contributed by atoms with Crippen LogP contribution in [0.2, 0.25) is 0 Å². The molecule has 1 aliphatic carbocycles. The first-order valence-electron chi connectivity index (χ1n) is 10.0. The summed E-state index contributed by atoms with van der Waals surface area (Å²) in [5, 5.41) is 0.00855. The molecule has 3 aromatic heterocycles. The van der Waals surface area contributed by atoms with Gasteiger partial charge in [0.1, 0.15) is 5.69 Å². The quantitative estimate of drug-likeness (QED) is 0.526. The monoisotopic (exact) mass is 422 g/mol. The molecule has 0 radical (unpaired) electrons. The third-order valence-electron chi connectivity index (χ3n) is 4.94. The van der Waals surface area contributed by atoms with E-state index in [9.17, 15) is 19.2 Å². The Balaban J connectivity index is 1.75. The second-order valence-corrected chi connectivity index (χ2v) is 7.95. The maximum Gasteiger partial charge on any atom is 0.330 e. The van der Waals surface area contributed by atoms with Gasteiger partial charge in [-0.25, -0.2) is 9.78 Å².